The van der Waals surface area contributed by atoms with Crippen LogP contribution in [0.15, 0.2) is 24.3 Å². The highest BCUT2D eigenvalue weighted by Crippen LogP contribution is 2.34. The summed E-state index contributed by atoms with van der Waals surface area (Å²) in [5, 5.41) is 5.53. The summed E-state index contributed by atoms with van der Waals surface area (Å²) >= 11 is 0. The van der Waals surface area contributed by atoms with Crippen molar-refractivity contribution in [1.29, 1.82) is 0 Å². The van der Waals surface area contributed by atoms with Gasteiger partial charge in [0, 0.05) is 11.3 Å². The highest BCUT2D eigenvalue weighted by molar-refractivity contribution is 5.96. The summed E-state index contributed by atoms with van der Waals surface area (Å²) in [6.07, 6.45) is 3.41. The van der Waals surface area contributed by atoms with Gasteiger partial charge in [0.25, 0.3) is 5.91 Å². The average Bonchev–Trinajstić information content (AvgIpc) is 3.08. The highest BCUT2D eigenvalue weighted by Gasteiger charge is 2.41. The number of hydrogen-bond donors (Lipinski definition) is 3. The van der Waals surface area contributed by atoms with Crippen LogP contribution in [0.2, 0.25) is 0 Å². The Morgan fingerprint density at radius 3 is 2.62 bits per heavy atom. The maximum absolute atomic E-state index is 11.9. The van der Waals surface area contributed by atoms with E-state index in [1.807, 2.05) is 0 Å². The third-order valence-electron chi connectivity index (χ3n) is 4.03. The molecular weight excluding hydrogens is 270 g/mol. The van der Waals surface area contributed by atoms with E-state index >= 15 is 0 Å². The topological polar surface area (TPSA) is 93.5 Å². The van der Waals surface area contributed by atoms with Crippen molar-refractivity contribution in [2.75, 3.05) is 12.3 Å². The van der Waals surface area contributed by atoms with E-state index in [-0.39, 0.29) is 30.5 Å². The zero-order valence-electron chi connectivity index (χ0n) is 11.7. The summed E-state index contributed by atoms with van der Waals surface area (Å²) in [6, 6.07) is 6.66. The first-order chi connectivity index (χ1) is 10.1. The van der Waals surface area contributed by atoms with Crippen LogP contribution >= 0.6 is 0 Å². The fourth-order valence-electron chi connectivity index (χ4n) is 2.94. The molecule has 6 heteroatoms. The van der Waals surface area contributed by atoms with Crippen molar-refractivity contribution in [1.82, 2.24) is 10.6 Å². The summed E-state index contributed by atoms with van der Waals surface area (Å²) < 4.78 is 5.68. The number of fused-ring (bicyclic) bond motifs is 2. The molecule has 3 atom stereocenters. The summed E-state index contributed by atoms with van der Waals surface area (Å²) in [7, 11) is 0. The standard InChI is InChI=1S/C15H19N3O3/c16-10-3-1-9(2-4-10)15(20)17-8-14(19)18-12-7-11-5-6-13(12)21-11/h1-4,11-13H,5-8,16H2,(H,17,20)(H,18,19). The Bertz CT molecular complexity index is 544. The number of nitrogen functional groups attached to an aromatic ring is 1. The van der Waals surface area contributed by atoms with Gasteiger partial charge < -0.3 is 21.1 Å². The first kappa shape index (κ1) is 13.9. The lowest BCUT2D eigenvalue weighted by Crippen LogP contribution is -2.45. The quantitative estimate of drug-likeness (QED) is 0.701. The van der Waals surface area contributed by atoms with Crippen LogP contribution in [-0.2, 0) is 9.53 Å². The van der Waals surface area contributed by atoms with Crippen molar-refractivity contribution in [2.24, 2.45) is 0 Å². The summed E-state index contributed by atoms with van der Waals surface area (Å²) in [6.45, 7) is -0.0307. The van der Waals surface area contributed by atoms with Crippen LogP contribution in [0.25, 0.3) is 0 Å². The van der Waals surface area contributed by atoms with E-state index in [1.165, 1.54) is 0 Å². The zero-order valence-corrected chi connectivity index (χ0v) is 11.7. The van der Waals surface area contributed by atoms with Crippen molar-refractivity contribution in [3.63, 3.8) is 0 Å². The number of amides is 2. The fraction of sp³-hybridized carbons (Fsp3) is 0.467. The molecule has 2 heterocycles. The Labute approximate surface area is 123 Å². The number of ether oxygens (including phenoxy) is 1. The monoisotopic (exact) mass is 289 g/mol. The molecule has 2 saturated heterocycles. The minimum Gasteiger partial charge on any atom is -0.399 e. The van der Waals surface area contributed by atoms with Gasteiger partial charge in [0.2, 0.25) is 5.91 Å². The summed E-state index contributed by atoms with van der Waals surface area (Å²) in [5.74, 6) is -0.464. The van der Waals surface area contributed by atoms with E-state index in [4.69, 9.17) is 10.5 Å². The van der Waals surface area contributed by atoms with Crippen LogP contribution in [0.1, 0.15) is 29.6 Å². The van der Waals surface area contributed by atoms with E-state index in [0.717, 1.165) is 19.3 Å². The van der Waals surface area contributed by atoms with Crippen molar-refractivity contribution >= 4 is 17.5 Å². The lowest BCUT2D eigenvalue weighted by Gasteiger charge is -2.20. The van der Waals surface area contributed by atoms with Crippen LogP contribution in [0.4, 0.5) is 5.69 Å². The van der Waals surface area contributed by atoms with E-state index < -0.39 is 0 Å². The molecule has 2 bridgehead atoms. The van der Waals surface area contributed by atoms with Crippen molar-refractivity contribution in [2.45, 2.75) is 37.5 Å². The van der Waals surface area contributed by atoms with Crippen LogP contribution in [0.3, 0.4) is 0 Å². The molecule has 112 valence electrons. The number of hydrogen-bond acceptors (Lipinski definition) is 4. The Hall–Kier alpha value is -2.08. The summed E-state index contributed by atoms with van der Waals surface area (Å²) in [5.41, 5.74) is 6.65. The molecule has 1 aromatic rings. The lowest BCUT2D eigenvalue weighted by atomic mass is 9.95. The second-order valence-electron chi connectivity index (χ2n) is 5.59. The minimum atomic E-state index is -0.283. The minimum absolute atomic E-state index is 0.0307. The molecular formula is C15H19N3O3. The Balaban J connectivity index is 1.45. The highest BCUT2D eigenvalue weighted by atomic mass is 16.5. The second kappa shape index (κ2) is 5.73. The molecule has 0 aromatic heterocycles. The third-order valence-corrected chi connectivity index (χ3v) is 4.03. The maximum Gasteiger partial charge on any atom is 0.251 e. The van der Waals surface area contributed by atoms with E-state index in [0.29, 0.717) is 17.4 Å². The first-order valence-electron chi connectivity index (χ1n) is 7.20. The molecule has 3 unspecified atom stereocenters. The predicted molar refractivity (Wildman–Crippen MR) is 77.6 cm³/mol. The van der Waals surface area contributed by atoms with Gasteiger partial charge in [-0.2, -0.15) is 0 Å². The Kier molecular flexibility index (Phi) is 3.79. The van der Waals surface area contributed by atoms with Crippen LogP contribution in [-0.4, -0.2) is 36.6 Å². The van der Waals surface area contributed by atoms with Crippen molar-refractivity contribution < 1.29 is 14.3 Å². The SMILES string of the molecule is Nc1ccc(C(=O)NCC(=O)NC2CC3CCC2O3)cc1. The second-order valence-corrected chi connectivity index (χ2v) is 5.59. The van der Waals surface area contributed by atoms with Gasteiger partial charge in [-0.15, -0.1) is 0 Å². The molecule has 0 aliphatic carbocycles. The smallest absolute Gasteiger partial charge is 0.251 e. The fourth-order valence-corrected chi connectivity index (χ4v) is 2.94. The number of carbonyl (C=O) groups excluding carboxylic acids is 2. The van der Waals surface area contributed by atoms with Gasteiger partial charge in [0.1, 0.15) is 0 Å². The molecule has 0 spiro atoms. The molecule has 4 N–H and O–H groups in total. The molecule has 0 radical (unpaired) electrons. The van der Waals surface area contributed by atoms with Gasteiger partial charge in [-0.1, -0.05) is 0 Å². The van der Waals surface area contributed by atoms with Crippen LogP contribution in [0.5, 0.6) is 0 Å². The molecule has 3 rings (SSSR count). The van der Waals surface area contributed by atoms with Crippen molar-refractivity contribution in [3.05, 3.63) is 29.8 Å². The van der Waals surface area contributed by atoms with E-state index in [2.05, 4.69) is 10.6 Å². The number of carbonyl (C=O) groups is 2. The number of nitrogens with one attached hydrogen (secondary N) is 2. The van der Waals surface area contributed by atoms with Gasteiger partial charge >= 0.3 is 0 Å². The molecule has 2 aliphatic heterocycles. The predicted octanol–water partition coefficient (Wildman–Crippen LogP) is 0.435. The lowest BCUT2D eigenvalue weighted by molar-refractivity contribution is -0.121. The Morgan fingerprint density at radius 1 is 1.24 bits per heavy atom. The molecule has 2 fully saturated rings. The average molecular weight is 289 g/mol. The Morgan fingerprint density at radius 2 is 2.00 bits per heavy atom. The first-order valence-corrected chi connectivity index (χ1v) is 7.20. The van der Waals surface area contributed by atoms with Gasteiger partial charge in [-0.25, -0.2) is 0 Å². The van der Waals surface area contributed by atoms with E-state index in [9.17, 15) is 9.59 Å². The molecule has 2 amide bonds. The number of nitrogens with two attached hydrogens (primary N) is 1. The zero-order chi connectivity index (χ0) is 14.8. The van der Waals surface area contributed by atoms with Crippen molar-refractivity contribution in [3.8, 4) is 0 Å². The van der Waals surface area contributed by atoms with E-state index in [1.54, 1.807) is 24.3 Å². The largest absolute Gasteiger partial charge is 0.399 e. The molecule has 21 heavy (non-hydrogen) atoms. The normalized spacial score (nSPS) is 26.6. The van der Waals surface area contributed by atoms with Gasteiger partial charge in [-0.05, 0) is 43.5 Å². The molecule has 2 aliphatic rings. The molecule has 0 saturated carbocycles. The molecule has 6 nitrogen and oxygen atoms in total. The van der Waals surface area contributed by atoms with Gasteiger partial charge in [0.05, 0.1) is 24.8 Å². The molecule has 1 aromatic carbocycles. The number of anilines is 1. The van der Waals surface area contributed by atoms with Crippen LogP contribution in [0, 0.1) is 0 Å². The van der Waals surface area contributed by atoms with Gasteiger partial charge in [0.15, 0.2) is 0 Å². The maximum atomic E-state index is 11.9. The number of rotatable bonds is 4. The van der Waals surface area contributed by atoms with Gasteiger partial charge in [-0.3, -0.25) is 9.59 Å². The summed E-state index contributed by atoms with van der Waals surface area (Å²) in [4.78, 5) is 23.7. The number of benzene rings is 1. The van der Waals surface area contributed by atoms with Crippen LogP contribution < -0.4 is 16.4 Å². The third kappa shape index (κ3) is 3.16.